The van der Waals surface area contributed by atoms with Crippen LogP contribution in [-0.4, -0.2) is 57.5 Å². The van der Waals surface area contributed by atoms with Crippen LogP contribution < -0.4 is 5.32 Å². The third kappa shape index (κ3) is 6.30. The number of hydrogen-bond acceptors (Lipinski definition) is 5. The molecule has 0 saturated carbocycles. The largest absolute Gasteiger partial charge is 0.352 e. The highest BCUT2D eigenvalue weighted by Crippen LogP contribution is 2.22. The molecule has 10 heteroatoms. The van der Waals surface area contributed by atoms with Crippen molar-refractivity contribution in [2.45, 2.75) is 61.3 Å². The number of carbonyl (C=O) groups excluding carboxylic acids is 1. The van der Waals surface area contributed by atoms with Crippen LogP contribution >= 0.6 is 0 Å². The van der Waals surface area contributed by atoms with E-state index in [4.69, 9.17) is 0 Å². The minimum absolute atomic E-state index is 0.122. The molecule has 35 heavy (non-hydrogen) atoms. The van der Waals surface area contributed by atoms with Crippen molar-refractivity contribution in [3.05, 3.63) is 59.7 Å². The number of nitrogens with one attached hydrogen (secondary N) is 1. The summed E-state index contributed by atoms with van der Waals surface area (Å²) >= 11 is 0. The lowest BCUT2D eigenvalue weighted by atomic mass is 10.1. The Morgan fingerprint density at radius 3 is 1.57 bits per heavy atom. The summed E-state index contributed by atoms with van der Waals surface area (Å²) in [6, 6.07) is 13.4. The third-order valence-corrected chi connectivity index (χ3v) is 10.5. The van der Waals surface area contributed by atoms with Gasteiger partial charge in [0.05, 0.1) is 9.79 Å². The molecule has 0 aromatic heterocycles. The third-order valence-electron chi connectivity index (χ3n) is 6.63. The highest BCUT2D eigenvalue weighted by atomic mass is 32.2. The summed E-state index contributed by atoms with van der Waals surface area (Å²) in [6.45, 7) is 2.59. The molecule has 2 aliphatic heterocycles. The highest BCUT2D eigenvalue weighted by Gasteiger charge is 2.27. The minimum atomic E-state index is -3.45. The second kappa shape index (κ2) is 11.2. The fourth-order valence-electron chi connectivity index (χ4n) is 4.49. The molecule has 1 N–H and O–H groups in total. The molecule has 0 spiro atoms. The van der Waals surface area contributed by atoms with Crippen molar-refractivity contribution < 1.29 is 21.6 Å². The maximum atomic E-state index is 12.8. The summed E-state index contributed by atoms with van der Waals surface area (Å²) in [4.78, 5) is 12.9. The van der Waals surface area contributed by atoms with Gasteiger partial charge in [0.1, 0.15) is 0 Å². The molecule has 190 valence electrons. The van der Waals surface area contributed by atoms with E-state index in [9.17, 15) is 21.6 Å². The SMILES string of the molecule is O=C(CCc1ccc(S(=O)(=O)N2CCCCC2)cc1)NCc1ccc(S(=O)(=O)N2CCCC2)cc1. The molecular formula is C25H33N3O5S2. The first kappa shape index (κ1) is 25.8. The summed E-state index contributed by atoms with van der Waals surface area (Å²) < 4.78 is 53.8. The van der Waals surface area contributed by atoms with E-state index >= 15 is 0 Å². The van der Waals surface area contributed by atoms with Gasteiger partial charge in [-0.1, -0.05) is 30.7 Å². The van der Waals surface area contributed by atoms with E-state index in [-0.39, 0.29) is 17.2 Å². The maximum absolute atomic E-state index is 12.8. The van der Waals surface area contributed by atoms with E-state index in [2.05, 4.69) is 5.32 Å². The molecule has 8 nitrogen and oxygen atoms in total. The van der Waals surface area contributed by atoms with Crippen LogP contribution in [0.5, 0.6) is 0 Å². The Kier molecular flexibility index (Phi) is 8.26. The van der Waals surface area contributed by atoms with Gasteiger partial charge in [-0.25, -0.2) is 16.8 Å². The lowest BCUT2D eigenvalue weighted by molar-refractivity contribution is -0.121. The predicted octanol–water partition coefficient (Wildman–Crippen LogP) is 2.89. The molecule has 0 aliphatic carbocycles. The highest BCUT2D eigenvalue weighted by molar-refractivity contribution is 7.89. The Bertz CT molecular complexity index is 1210. The fourth-order valence-corrected chi connectivity index (χ4v) is 7.52. The first-order chi connectivity index (χ1) is 16.8. The van der Waals surface area contributed by atoms with Crippen LogP contribution in [0.3, 0.4) is 0 Å². The van der Waals surface area contributed by atoms with Crippen LogP contribution in [0.2, 0.25) is 0 Å². The van der Waals surface area contributed by atoms with Crippen LogP contribution in [-0.2, 0) is 37.8 Å². The van der Waals surface area contributed by atoms with E-state index < -0.39 is 20.0 Å². The van der Waals surface area contributed by atoms with Gasteiger partial charge in [0, 0.05) is 39.1 Å². The average Bonchev–Trinajstić information content (AvgIpc) is 3.43. The quantitative estimate of drug-likeness (QED) is 0.549. The number of nitrogens with zero attached hydrogens (tertiary/aromatic N) is 2. The van der Waals surface area contributed by atoms with Crippen LogP contribution in [0.15, 0.2) is 58.3 Å². The lowest BCUT2D eigenvalue weighted by Gasteiger charge is -2.25. The maximum Gasteiger partial charge on any atom is 0.243 e. The standard InChI is InChI=1S/C25H33N3O5S2/c29-25(26-20-22-8-13-24(14-9-22)35(32,33)28-18-4-5-19-28)15-10-21-6-11-23(12-7-21)34(30,31)27-16-2-1-3-17-27/h6-9,11-14H,1-5,10,15-20H2,(H,26,29). The van der Waals surface area contributed by atoms with Crippen molar-refractivity contribution in [2.75, 3.05) is 26.2 Å². The van der Waals surface area contributed by atoms with Crippen molar-refractivity contribution in [1.82, 2.24) is 13.9 Å². The monoisotopic (exact) mass is 519 g/mol. The van der Waals surface area contributed by atoms with Crippen LogP contribution in [0.4, 0.5) is 0 Å². The summed E-state index contributed by atoms with van der Waals surface area (Å²) in [5, 5.41) is 2.86. The molecule has 2 aliphatic rings. The van der Waals surface area contributed by atoms with Gasteiger partial charge < -0.3 is 5.32 Å². The first-order valence-electron chi connectivity index (χ1n) is 12.2. The number of amides is 1. The lowest BCUT2D eigenvalue weighted by Crippen LogP contribution is -2.35. The average molecular weight is 520 g/mol. The van der Waals surface area contributed by atoms with E-state index in [1.165, 1.54) is 4.31 Å². The molecule has 0 bridgehead atoms. The number of rotatable bonds is 9. The van der Waals surface area contributed by atoms with Crippen molar-refractivity contribution in [3.8, 4) is 0 Å². The Morgan fingerprint density at radius 1 is 0.657 bits per heavy atom. The van der Waals surface area contributed by atoms with Gasteiger partial charge in [-0.2, -0.15) is 8.61 Å². The molecule has 1 amide bonds. The van der Waals surface area contributed by atoms with Gasteiger partial charge in [-0.05, 0) is 67.5 Å². The molecule has 2 aromatic carbocycles. The number of hydrogen-bond donors (Lipinski definition) is 1. The fraction of sp³-hybridized carbons (Fsp3) is 0.480. The molecular weight excluding hydrogens is 486 g/mol. The van der Waals surface area contributed by atoms with Crippen molar-refractivity contribution in [1.29, 1.82) is 0 Å². The molecule has 2 heterocycles. The Morgan fingerprint density at radius 2 is 1.09 bits per heavy atom. The van der Waals surface area contributed by atoms with E-state index in [1.807, 2.05) is 0 Å². The van der Waals surface area contributed by atoms with Gasteiger partial charge >= 0.3 is 0 Å². The van der Waals surface area contributed by atoms with Crippen LogP contribution in [0.25, 0.3) is 0 Å². The zero-order valence-corrected chi connectivity index (χ0v) is 21.5. The van der Waals surface area contributed by atoms with E-state index in [1.54, 1.807) is 52.8 Å². The molecule has 2 saturated heterocycles. The van der Waals surface area contributed by atoms with Crippen LogP contribution in [0.1, 0.15) is 49.7 Å². The summed E-state index contributed by atoms with van der Waals surface area (Å²) in [5.74, 6) is -0.122. The number of aryl methyl sites for hydroxylation is 1. The Hall–Kier alpha value is -2.27. The number of piperidine rings is 1. The Balaban J connectivity index is 1.25. The van der Waals surface area contributed by atoms with E-state index in [0.29, 0.717) is 44.0 Å². The first-order valence-corrected chi connectivity index (χ1v) is 15.1. The van der Waals surface area contributed by atoms with Crippen molar-refractivity contribution in [3.63, 3.8) is 0 Å². The second-order valence-corrected chi connectivity index (χ2v) is 13.0. The normalized spacial score (nSPS) is 17.9. The smallest absolute Gasteiger partial charge is 0.243 e. The van der Waals surface area contributed by atoms with Crippen molar-refractivity contribution in [2.24, 2.45) is 0 Å². The van der Waals surface area contributed by atoms with Gasteiger partial charge in [0.2, 0.25) is 26.0 Å². The van der Waals surface area contributed by atoms with E-state index in [0.717, 1.165) is 43.2 Å². The van der Waals surface area contributed by atoms with Crippen molar-refractivity contribution >= 4 is 26.0 Å². The molecule has 0 atom stereocenters. The van der Waals surface area contributed by atoms with Gasteiger partial charge in [0.25, 0.3) is 0 Å². The molecule has 0 radical (unpaired) electrons. The summed E-state index contributed by atoms with van der Waals surface area (Å²) in [5.41, 5.74) is 1.72. The van der Waals surface area contributed by atoms with Gasteiger partial charge in [-0.15, -0.1) is 0 Å². The zero-order valence-electron chi connectivity index (χ0n) is 19.9. The minimum Gasteiger partial charge on any atom is -0.352 e. The summed E-state index contributed by atoms with van der Waals surface area (Å²) in [6.07, 6.45) is 5.43. The molecule has 4 rings (SSSR count). The number of carbonyl (C=O) groups is 1. The van der Waals surface area contributed by atoms with Gasteiger partial charge in [0.15, 0.2) is 0 Å². The molecule has 0 unspecified atom stereocenters. The predicted molar refractivity (Wildman–Crippen MR) is 134 cm³/mol. The van der Waals surface area contributed by atoms with Gasteiger partial charge in [-0.3, -0.25) is 4.79 Å². The molecule has 2 aromatic rings. The molecule has 2 fully saturated rings. The second-order valence-electron chi connectivity index (χ2n) is 9.14. The zero-order chi connectivity index (χ0) is 24.9. The number of benzene rings is 2. The number of sulfonamides is 2. The summed E-state index contributed by atoms with van der Waals surface area (Å²) in [7, 11) is -6.89. The topological polar surface area (TPSA) is 104 Å². The van der Waals surface area contributed by atoms with Crippen LogP contribution in [0, 0.1) is 0 Å². The Labute approximate surface area is 208 Å².